The first-order valence-corrected chi connectivity index (χ1v) is 8.90. The molecule has 112 valence electrons. The summed E-state index contributed by atoms with van der Waals surface area (Å²) in [4.78, 5) is 19.8. The lowest BCUT2D eigenvalue weighted by molar-refractivity contribution is 1.29. The van der Waals surface area contributed by atoms with Crippen molar-refractivity contribution in [2.24, 2.45) is 0 Å². The van der Waals surface area contributed by atoms with Crippen molar-refractivity contribution >= 4 is 33.3 Å². The minimum Gasteiger partial charge on any atom is -0.289 e. The number of rotatable bonds is 2. The van der Waals surface area contributed by atoms with E-state index in [1.54, 1.807) is 17.4 Å². The third-order valence-electron chi connectivity index (χ3n) is 3.60. The molecule has 2 aliphatic rings. The maximum Gasteiger partial charge on any atom is 0.194 e. The Bertz CT molecular complexity index is 1020. The molecule has 1 heterocycles. The Labute approximate surface area is 142 Å². The van der Waals surface area contributed by atoms with Crippen LogP contribution >= 0.6 is 23.1 Å². The van der Waals surface area contributed by atoms with Crippen molar-refractivity contribution in [1.82, 2.24) is 4.98 Å². The topological polar surface area (TPSA) is 30.0 Å². The van der Waals surface area contributed by atoms with Crippen molar-refractivity contribution in [3.05, 3.63) is 76.5 Å². The first-order valence-electron chi connectivity index (χ1n) is 7.27. The minimum absolute atomic E-state index is 0.0522. The average molecular weight is 335 g/mol. The predicted octanol–water partition coefficient (Wildman–Crippen LogP) is 5.22. The zero-order chi connectivity index (χ0) is 15.8. The molecule has 0 saturated carbocycles. The van der Waals surface area contributed by atoms with E-state index >= 15 is 0 Å². The molecule has 4 heteroatoms. The van der Waals surface area contributed by atoms with Crippen molar-refractivity contribution in [1.29, 1.82) is 0 Å². The van der Waals surface area contributed by atoms with Crippen molar-refractivity contribution in [3.8, 4) is 10.6 Å². The molecule has 1 aliphatic carbocycles. The highest BCUT2D eigenvalue weighted by Crippen LogP contribution is 2.33. The van der Waals surface area contributed by atoms with Crippen LogP contribution in [0.15, 0.2) is 75.2 Å². The fourth-order valence-electron chi connectivity index (χ4n) is 2.40. The van der Waals surface area contributed by atoms with E-state index in [4.69, 9.17) is 4.98 Å². The van der Waals surface area contributed by atoms with Gasteiger partial charge in [-0.2, -0.15) is 0 Å². The fraction of sp³-hybridized carbons (Fsp3) is 0.0526. The van der Waals surface area contributed by atoms with Crippen LogP contribution in [0.4, 0.5) is 0 Å². The van der Waals surface area contributed by atoms with Gasteiger partial charge in [0.25, 0.3) is 0 Å². The minimum atomic E-state index is 0.0522. The Morgan fingerprint density at radius 1 is 1.00 bits per heavy atom. The maximum absolute atomic E-state index is 12.4. The molecular weight excluding hydrogens is 322 g/mol. The summed E-state index contributed by atoms with van der Waals surface area (Å²) in [6, 6.07) is 19.8. The normalized spacial score (nSPS) is 11.2. The number of fused-ring (bicyclic) bond motifs is 2. The SMILES string of the molecule is Cc1ccc(Sc2cc3nc4ccccc4sc-3cc2=O)cc1. The molecule has 2 aromatic rings. The summed E-state index contributed by atoms with van der Waals surface area (Å²) in [5.41, 5.74) is 3.11. The number of aromatic nitrogens is 1. The molecule has 0 radical (unpaired) electrons. The average Bonchev–Trinajstić information content (AvgIpc) is 2.56. The number of aryl methyl sites for hydroxylation is 1. The van der Waals surface area contributed by atoms with E-state index in [9.17, 15) is 4.79 Å². The van der Waals surface area contributed by atoms with Crippen LogP contribution in [0.25, 0.3) is 20.8 Å². The summed E-state index contributed by atoms with van der Waals surface area (Å²) in [5.74, 6) is 0. The van der Waals surface area contributed by atoms with Crippen LogP contribution in [0.1, 0.15) is 5.56 Å². The lowest BCUT2D eigenvalue weighted by Crippen LogP contribution is -2.04. The second-order valence-electron chi connectivity index (χ2n) is 5.36. The highest BCUT2D eigenvalue weighted by atomic mass is 32.2. The predicted molar refractivity (Wildman–Crippen MR) is 97.8 cm³/mol. The molecule has 0 atom stereocenters. The summed E-state index contributed by atoms with van der Waals surface area (Å²) in [6.07, 6.45) is 0. The zero-order valence-corrected chi connectivity index (χ0v) is 14.1. The van der Waals surface area contributed by atoms with E-state index in [0.29, 0.717) is 0 Å². The summed E-state index contributed by atoms with van der Waals surface area (Å²) in [7, 11) is 0. The van der Waals surface area contributed by atoms with Crippen LogP contribution in [0.3, 0.4) is 0 Å². The van der Waals surface area contributed by atoms with Gasteiger partial charge in [-0.15, -0.1) is 11.3 Å². The van der Waals surface area contributed by atoms with E-state index in [0.717, 1.165) is 30.6 Å². The van der Waals surface area contributed by atoms with Crippen molar-refractivity contribution in [2.45, 2.75) is 16.7 Å². The molecule has 2 nitrogen and oxygen atoms in total. The molecule has 0 fully saturated rings. The molecule has 0 amide bonds. The quantitative estimate of drug-likeness (QED) is 0.470. The number of hydrogen-bond acceptors (Lipinski definition) is 4. The summed E-state index contributed by atoms with van der Waals surface area (Å²) in [5, 5.41) is 0. The molecular formula is C19H13NOS2. The number of nitrogens with zero attached hydrogens (tertiary/aromatic N) is 1. The number of hydrogen-bond donors (Lipinski definition) is 0. The van der Waals surface area contributed by atoms with Crippen LogP contribution in [0, 0.1) is 6.92 Å². The van der Waals surface area contributed by atoms with Gasteiger partial charge in [-0.3, -0.25) is 4.79 Å². The first kappa shape index (κ1) is 14.4. The van der Waals surface area contributed by atoms with Gasteiger partial charge in [-0.25, -0.2) is 4.98 Å². The molecule has 0 spiro atoms. The first-order chi connectivity index (χ1) is 11.2. The third kappa shape index (κ3) is 2.87. The van der Waals surface area contributed by atoms with Crippen LogP contribution in [0.2, 0.25) is 0 Å². The highest BCUT2D eigenvalue weighted by molar-refractivity contribution is 7.99. The molecule has 4 rings (SSSR count). The van der Waals surface area contributed by atoms with Gasteiger partial charge in [-0.05, 0) is 37.3 Å². The second-order valence-corrected chi connectivity index (χ2v) is 7.56. The summed E-state index contributed by atoms with van der Waals surface area (Å²) >= 11 is 3.11. The highest BCUT2D eigenvalue weighted by Gasteiger charge is 2.12. The van der Waals surface area contributed by atoms with Crippen LogP contribution in [-0.4, -0.2) is 4.98 Å². The summed E-state index contributed by atoms with van der Waals surface area (Å²) in [6.45, 7) is 2.06. The summed E-state index contributed by atoms with van der Waals surface area (Å²) < 4.78 is 1.10. The monoisotopic (exact) mass is 335 g/mol. The Kier molecular flexibility index (Phi) is 3.63. The maximum atomic E-state index is 12.4. The molecule has 0 unspecified atom stereocenters. The number of para-hydroxylation sites is 1. The third-order valence-corrected chi connectivity index (χ3v) is 5.76. The molecule has 1 aliphatic heterocycles. The van der Waals surface area contributed by atoms with Crippen molar-refractivity contribution in [3.63, 3.8) is 0 Å². The van der Waals surface area contributed by atoms with Crippen LogP contribution in [-0.2, 0) is 0 Å². The van der Waals surface area contributed by atoms with Gasteiger partial charge in [0.2, 0.25) is 0 Å². The van der Waals surface area contributed by atoms with Gasteiger partial charge < -0.3 is 0 Å². The largest absolute Gasteiger partial charge is 0.289 e. The van der Waals surface area contributed by atoms with Gasteiger partial charge in [0, 0.05) is 11.0 Å². The molecule has 0 aromatic heterocycles. The van der Waals surface area contributed by atoms with E-state index < -0.39 is 0 Å². The fourth-order valence-corrected chi connectivity index (χ4v) is 4.23. The van der Waals surface area contributed by atoms with Crippen molar-refractivity contribution in [2.75, 3.05) is 0 Å². The van der Waals surface area contributed by atoms with Crippen molar-refractivity contribution < 1.29 is 0 Å². The van der Waals surface area contributed by atoms with Gasteiger partial charge in [-0.1, -0.05) is 41.6 Å². The smallest absolute Gasteiger partial charge is 0.194 e. The van der Waals surface area contributed by atoms with E-state index in [1.807, 2.05) is 42.5 Å². The molecule has 0 bridgehead atoms. The second kappa shape index (κ2) is 5.80. The Morgan fingerprint density at radius 2 is 1.78 bits per heavy atom. The van der Waals surface area contributed by atoms with E-state index in [-0.39, 0.29) is 5.43 Å². The lowest BCUT2D eigenvalue weighted by atomic mass is 10.2. The van der Waals surface area contributed by atoms with Gasteiger partial charge in [0.05, 0.1) is 25.7 Å². The number of benzene rings is 3. The Morgan fingerprint density at radius 3 is 2.61 bits per heavy atom. The Balaban J connectivity index is 1.83. The molecule has 0 N–H and O–H groups in total. The molecule has 23 heavy (non-hydrogen) atoms. The van der Waals surface area contributed by atoms with E-state index in [1.165, 1.54) is 17.3 Å². The van der Waals surface area contributed by atoms with E-state index in [2.05, 4.69) is 19.1 Å². The van der Waals surface area contributed by atoms with Gasteiger partial charge >= 0.3 is 0 Å². The lowest BCUT2D eigenvalue weighted by Gasteiger charge is -2.08. The standard InChI is InChI=1S/C19H13NOS2/c1-12-6-8-13(9-7-12)22-19-10-15-18(11-16(19)21)23-17-5-3-2-4-14(17)20-15/h2-11H,1H3. The van der Waals surface area contributed by atoms with Crippen LogP contribution < -0.4 is 5.43 Å². The molecule has 2 aromatic carbocycles. The van der Waals surface area contributed by atoms with Crippen LogP contribution in [0.5, 0.6) is 0 Å². The van der Waals surface area contributed by atoms with Gasteiger partial charge in [0.15, 0.2) is 5.43 Å². The zero-order valence-electron chi connectivity index (χ0n) is 12.4. The Hall–Kier alpha value is -2.17. The van der Waals surface area contributed by atoms with Gasteiger partial charge in [0.1, 0.15) is 0 Å². The molecule has 0 saturated heterocycles.